The number of anilines is 1. The molecule has 0 unspecified atom stereocenters. The van der Waals surface area contributed by atoms with E-state index in [9.17, 15) is 13.2 Å². The maximum absolute atomic E-state index is 15.5. The topological polar surface area (TPSA) is 97.0 Å². The molecule has 0 aromatic heterocycles. The van der Waals surface area contributed by atoms with Gasteiger partial charge >= 0.3 is 0 Å². The van der Waals surface area contributed by atoms with Crippen molar-refractivity contribution in [3.05, 3.63) is 69.5 Å². The highest BCUT2D eigenvalue weighted by atomic mass is 35.5. The number of rotatable bonds is 3. The highest BCUT2D eigenvalue weighted by molar-refractivity contribution is 7.90. The zero-order chi connectivity index (χ0) is 32.8. The van der Waals surface area contributed by atoms with Gasteiger partial charge in [0, 0.05) is 32.3 Å². The van der Waals surface area contributed by atoms with Gasteiger partial charge in [0.1, 0.15) is 17.2 Å². The number of allylic oxidation sites excluding steroid dienone is 1. The van der Waals surface area contributed by atoms with Crippen LogP contribution in [-0.2, 0) is 27.7 Å². The molecular formula is C35H45ClFN3O5S. The molecule has 2 N–H and O–H groups in total. The second-order valence-electron chi connectivity index (χ2n) is 13.5. The number of carbonyl (C=O) groups excluding carboxylic acids is 1. The molecule has 3 heterocycles. The second kappa shape index (κ2) is 13.1. The molecule has 11 heteroatoms. The molecule has 46 heavy (non-hydrogen) atoms. The summed E-state index contributed by atoms with van der Waals surface area (Å²) in [6.45, 7) is 5.66. The number of hydrogen-bond donors (Lipinski definition) is 2. The van der Waals surface area contributed by atoms with E-state index in [2.05, 4.69) is 21.0 Å². The quantitative estimate of drug-likeness (QED) is 0.393. The van der Waals surface area contributed by atoms with Crippen LogP contribution in [-0.4, -0.2) is 59.0 Å². The van der Waals surface area contributed by atoms with E-state index in [0.717, 1.165) is 31.2 Å². The Kier molecular flexibility index (Phi) is 9.46. The van der Waals surface area contributed by atoms with Crippen molar-refractivity contribution < 1.29 is 27.1 Å². The molecule has 2 aromatic carbocycles. The summed E-state index contributed by atoms with van der Waals surface area (Å²) in [6, 6.07) is 8.58. The summed E-state index contributed by atoms with van der Waals surface area (Å²) in [5, 5.41) is 2.69. The largest absolute Gasteiger partial charge is 0.491 e. The van der Waals surface area contributed by atoms with E-state index in [1.165, 1.54) is 5.57 Å². The number of benzene rings is 2. The molecule has 4 bridgehead atoms. The summed E-state index contributed by atoms with van der Waals surface area (Å²) in [6.07, 6.45) is 6.90. The first-order valence-electron chi connectivity index (χ1n) is 16.4. The van der Waals surface area contributed by atoms with Crippen molar-refractivity contribution in [2.24, 2.45) is 23.7 Å². The lowest BCUT2D eigenvalue weighted by atomic mass is 9.58. The molecule has 1 saturated carbocycles. The lowest BCUT2D eigenvalue weighted by Crippen LogP contribution is -2.58. The Labute approximate surface area is 277 Å². The van der Waals surface area contributed by atoms with Crippen LogP contribution in [0.5, 0.6) is 5.75 Å². The van der Waals surface area contributed by atoms with E-state index >= 15 is 4.39 Å². The molecule has 3 aliphatic heterocycles. The number of halogens is 2. The van der Waals surface area contributed by atoms with Crippen LogP contribution < -0.4 is 19.7 Å². The minimum absolute atomic E-state index is 0.0572. The molecule has 0 saturated heterocycles. The van der Waals surface area contributed by atoms with Gasteiger partial charge in [-0.2, -0.15) is 0 Å². The molecule has 8 nitrogen and oxygen atoms in total. The molecule has 7 rings (SSSR count). The normalized spacial score (nSPS) is 31.0. The predicted molar refractivity (Wildman–Crippen MR) is 178 cm³/mol. The summed E-state index contributed by atoms with van der Waals surface area (Å²) in [7, 11) is -0.272. The average Bonchev–Trinajstić information content (AvgIpc) is 3.02. The molecule has 2 aliphatic carbocycles. The predicted octanol–water partition coefficient (Wildman–Crippen LogP) is 5.88. The highest BCUT2D eigenvalue weighted by Gasteiger charge is 2.53. The van der Waals surface area contributed by atoms with Crippen molar-refractivity contribution in [2.45, 2.75) is 69.8 Å². The van der Waals surface area contributed by atoms with Crippen molar-refractivity contribution in [3.8, 4) is 5.75 Å². The first-order chi connectivity index (χ1) is 22.0. The number of nitrogens with zero attached hydrogens (tertiary/aromatic N) is 1. The molecule has 1 amide bonds. The zero-order valence-corrected chi connectivity index (χ0v) is 28.6. The Balaban J connectivity index is 1.50. The molecule has 250 valence electrons. The van der Waals surface area contributed by atoms with Gasteiger partial charge in [0.2, 0.25) is 10.0 Å². The van der Waals surface area contributed by atoms with E-state index in [-0.39, 0.29) is 34.3 Å². The molecule has 6 atom stereocenters. The van der Waals surface area contributed by atoms with Gasteiger partial charge in [-0.15, -0.1) is 0 Å². The van der Waals surface area contributed by atoms with Crippen molar-refractivity contribution in [1.29, 1.82) is 0 Å². The number of likely N-dealkylation sites (N-methyl/N-ethyl adjacent to an activating group) is 1. The number of methoxy groups -OCH3 is 1. The molecule has 2 aromatic rings. The third-order valence-corrected chi connectivity index (χ3v) is 13.3. The van der Waals surface area contributed by atoms with Crippen LogP contribution in [0.2, 0.25) is 5.02 Å². The van der Waals surface area contributed by atoms with Crippen LogP contribution in [0.3, 0.4) is 0 Å². The van der Waals surface area contributed by atoms with Crippen molar-refractivity contribution >= 4 is 33.2 Å². The van der Waals surface area contributed by atoms with Crippen LogP contribution in [0.25, 0.3) is 0 Å². The fraction of sp³-hybridized carbons (Fsp3) is 0.571. The van der Waals surface area contributed by atoms with Crippen LogP contribution in [0.15, 0.2) is 42.0 Å². The molecule has 0 spiro atoms. The van der Waals surface area contributed by atoms with Gasteiger partial charge in [0.05, 0.1) is 22.6 Å². The SMILES string of the molecule is CNC[C@]1(OC)C2=C[C@@H](C2)[C@H](C)[C@@H](C)S(=O)(=O)NC(=O)c2ccc3c(c2)N(Cc2ccc(Cl)c(F)c2CCCCO3)C[C@@H]2CC[C@H]21. The number of amides is 1. The first-order valence-corrected chi connectivity index (χ1v) is 18.4. The summed E-state index contributed by atoms with van der Waals surface area (Å²) < 4.78 is 57.6. The van der Waals surface area contributed by atoms with Crippen molar-refractivity contribution in [1.82, 2.24) is 10.0 Å². The third-order valence-electron chi connectivity index (χ3n) is 11.1. The Hall–Kier alpha value is -2.66. The van der Waals surface area contributed by atoms with Crippen LogP contribution in [0, 0.1) is 29.5 Å². The molecule has 5 aliphatic rings. The Morgan fingerprint density at radius 1 is 1.20 bits per heavy atom. The third kappa shape index (κ3) is 5.95. The lowest BCUT2D eigenvalue weighted by molar-refractivity contribution is -0.0866. The fourth-order valence-electron chi connectivity index (χ4n) is 7.95. The summed E-state index contributed by atoms with van der Waals surface area (Å²) in [5.41, 5.74) is 2.99. The highest BCUT2D eigenvalue weighted by Crippen LogP contribution is 2.53. The van der Waals surface area contributed by atoms with Gasteiger partial charge in [-0.3, -0.25) is 4.79 Å². The van der Waals surface area contributed by atoms with Crippen molar-refractivity contribution in [3.63, 3.8) is 0 Å². The molecule has 1 fully saturated rings. The van der Waals surface area contributed by atoms with E-state index in [1.807, 2.05) is 20.0 Å². The van der Waals surface area contributed by atoms with Gasteiger partial charge in [0.25, 0.3) is 5.91 Å². The molecular weight excluding hydrogens is 629 g/mol. The Morgan fingerprint density at radius 2 is 1.98 bits per heavy atom. The number of nitrogens with one attached hydrogen (secondary N) is 2. The standard InChI is InChI=1S/C35H45ClFN3O5S/c1-21-22(2)46(42,43)39-34(41)23-10-13-32-31(17-23)40(18-24-9-12-30(36)33(37)28(24)7-5-6-14-45-32)19-25-8-11-29(25)35(44-4,20-38-3)27-15-26(21)16-27/h9-10,12-13,15,17,21-22,25-26,29,38H,5-8,11,14,16,18-20H2,1-4H3,(H,39,41)/t21-,22-,25+,26+,29-,35+/m1/s1. The van der Waals surface area contributed by atoms with Crippen LogP contribution >= 0.6 is 11.6 Å². The number of fused-ring (bicyclic) bond motifs is 5. The number of hydrogen-bond acceptors (Lipinski definition) is 7. The number of carbonyl (C=O) groups is 1. The van der Waals surface area contributed by atoms with E-state index in [0.29, 0.717) is 56.1 Å². The maximum Gasteiger partial charge on any atom is 0.264 e. The Morgan fingerprint density at radius 3 is 2.67 bits per heavy atom. The second-order valence-corrected chi connectivity index (χ2v) is 16.0. The monoisotopic (exact) mass is 673 g/mol. The average molecular weight is 674 g/mol. The Bertz CT molecular complexity index is 1630. The van der Waals surface area contributed by atoms with E-state index in [1.54, 1.807) is 38.3 Å². The smallest absolute Gasteiger partial charge is 0.264 e. The minimum Gasteiger partial charge on any atom is -0.491 e. The number of ether oxygens (including phenoxy) is 2. The van der Waals surface area contributed by atoms with Gasteiger partial charge in [-0.05, 0) is 117 Å². The summed E-state index contributed by atoms with van der Waals surface area (Å²) in [4.78, 5) is 15.7. The summed E-state index contributed by atoms with van der Waals surface area (Å²) in [5.74, 6) is -0.161. The van der Waals surface area contributed by atoms with E-state index in [4.69, 9.17) is 21.1 Å². The first kappa shape index (κ1) is 33.2. The van der Waals surface area contributed by atoms with Gasteiger partial charge in [-0.25, -0.2) is 17.5 Å². The minimum atomic E-state index is -3.98. The molecule has 0 radical (unpaired) electrons. The number of sulfonamides is 1. The van der Waals surface area contributed by atoms with Crippen LogP contribution in [0.4, 0.5) is 10.1 Å². The van der Waals surface area contributed by atoms with Gasteiger partial charge < -0.3 is 19.7 Å². The van der Waals surface area contributed by atoms with Crippen molar-refractivity contribution in [2.75, 3.05) is 38.8 Å². The van der Waals surface area contributed by atoms with Gasteiger partial charge in [0.15, 0.2) is 0 Å². The zero-order valence-electron chi connectivity index (χ0n) is 27.1. The van der Waals surface area contributed by atoms with Crippen LogP contribution in [0.1, 0.15) is 67.4 Å². The van der Waals surface area contributed by atoms with E-state index < -0.39 is 32.6 Å². The fourth-order valence-corrected chi connectivity index (χ4v) is 9.45. The van der Waals surface area contributed by atoms with Gasteiger partial charge in [-0.1, -0.05) is 30.7 Å². The lowest BCUT2D eigenvalue weighted by Gasteiger charge is -2.54. The maximum atomic E-state index is 15.5. The summed E-state index contributed by atoms with van der Waals surface area (Å²) >= 11 is 6.25.